The molecule has 0 aromatic rings. The second kappa shape index (κ2) is 3.81. The molecule has 0 amide bonds. The quantitative estimate of drug-likeness (QED) is 0.576. The lowest BCUT2D eigenvalue weighted by atomic mass is 9.88. The van der Waals surface area contributed by atoms with Gasteiger partial charge in [-0.05, 0) is 0 Å². The average Bonchev–Trinajstić information content (AvgIpc) is 2.38. The van der Waals surface area contributed by atoms with Crippen LogP contribution in [0.5, 0.6) is 0 Å². The van der Waals surface area contributed by atoms with Crippen molar-refractivity contribution in [3.8, 4) is 0 Å². The van der Waals surface area contributed by atoms with Crippen LogP contribution in [0.4, 0.5) is 0 Å². The third kappa shape index (κ3) is 1.69. The monoisotopic (exact) mass is 200 g/mol. The second-order valence-electron chi connectivity index (χ2n) is 4.19. The van der Waals surface area contributed by atoms with Crippen LogP contribution in [0.3, 0.4) is 0 Å². The van der Waals surface area contributed by atoms with E-state index in [-0.39, 0.29) is 24.0 Å². The SMILES string of the molecule is B[C@H]1O[C@]2(COC)C[C@@H](OC)O[C@H]1C2. The zero-order chi connectivity index (χ0) is 10.2. The molecule has 0 N–H and O–H groups in total. The molecule has 0 aromatic heterocycles. The molecule has 5 heteroatoms. The van der Waals surface area contributed by atoms with Gasteiger partial charge in [-0.1, -0.05) is 0 Å². The first-order chi connectivity index (χ1) is 6.69. The zero-order valence-corrected chi connectivity index (χ0v) is 8.99. The molecule has 0 aliphatic carbocycles. The van der Waals surface area contributed by atoms with E-state index in [9.17, 15) is 0 Å². The highest BCUT2D eigenvalue weighted by Gasteiger charge is 2.51. The Morgan fingerprint density at radius 1 is 1.43 bits per heavy atom. The smallest absolute Gasteiger partial charge is 0.160 e. The van der Waals surface area contributed by atoms with Crippen molar-refractivity contribution in [2.75, 3.05) is 20.8 Å². The van der Waals surface area contributed by atoms with E-state index in [2.05, 4.69) is 0 Å². The molecule has 0 saturated carbocycles. The molecule has 2 aliphatic rings. The standard InChI is InChI=1S/C9H17BO4/c1-11-5-9-3-6(8(10)14-9)13-7(4-9)12-2/h6-8H,3-5,10H2,1-2H3/t6-,7-,8-,9-/m0/s1. The van der Waals surface area contributed by atoms with E-state index in [0.717, 1.165) is 12.8 Å². The highest BCUT2D eigenvalue weighted by Crippen LogP contribution is 2.41. The van der Waals surface area contributed by atoms with Crippen molar-refractivity contribution in [1.29, 1.82) is 0 Å². The summed E-state index contributed by atoms with van der Waals surface area (Å²) in [6, 6.07) is 0.144. The van der Waals surface area contributed by atoms with Crippen molar-refractivity contribution in [3.63, 3.8) is 0 Å². The van der Waals surface area contributed by atoms with Gasteiger partial charge in [0.2, 0.25) is 0 Å². The molecule has 0 spiro atoms. The van der Waals surface area contributed by atoms with Gasteiger partial charge in [0.15, 0.2) is 6.29 Å². The number of rotatable bonds is 3. The molecule has 4 atom stereocenters. The highest BCUT2D eigenvalue weighted by molar-refractivity contribution is 6.11. The molecule has 2 saturated heterocycles. The molecule has 0 radical (unpaired) electrons. The van der Waals surface area contributed by atoms with Gasteiger partial charge in [-0.15, -0.1) is 0 Å². The fourth-order valence-electron chi connectivity index (χ4n) is 2.44. The number of fused-ring (bicyclic) bond motifs is 2. The summed E-state index contributed by atoms with van der Waals surface area (Å²) in [5, 5.41) is 0. The topological polar surface area (TPSA) is 36.9 Å². The largest absolute Gasteiger partial charge is 0.382 e. The molecule has 0 unspecified atom stereocenters. The van der Waals surface area contributed by atoms with Gasteiger partial charge in [0.25, 0.3) is 0 Å². The fraction of sp³-hybridized carbons (Fsp3) is 1.00. The minimum Gasteiger partial charge on any atom is -0.382 e. The van der Waals surface area contributed by atoms with Crippen molar-refractivity contribution in [2.24, 2.45) is 0 Å². The normalized spacial score (nSPS) is 46.9. The van der Waals surface area contributed by atoms with E-state index in [0.29, 0.717) is 6.61 Å². The molecular weight excluding hydrogens is 183 g/mol. The Labute approximate surface area is 85.3 Å². The lowest BCUT2D eigenvalue weighted by Crippen LogP contribution is -2.43. The molecule has 14 heavy (non-hydrogen) atoms. The first-order valence-electron chi connectivity index (χ1n) is 5.04. The van der Waals surface area contributed by atoms with Gasteiger partial charge < -0.3 is 18.9 Å². The lowest BCUT2D eigenvalue weighted by Gasteiger charge is -2.34. The predicted octanol–water partition coefficient (Wildman–Crippen LogP) is -0.488. The molecular formula is C9H17BO4. The second-order valence-corrected chi connectivity index (χ2v) is 4.19. The van der Waals surface area contributed by atoms with Crippen molar-refractivity contribution in [3.05, 3.63) is 0 Å². The highest BCUT2D eigenvalue weighted by atomic mass is 16.7. The van der Waals surface area contributed by atoms with E-state index in [1.807, 2.05) is 7.85 Å². The predicted molar refractivity (Wildman–Crippen MR) is 52.9 cm³/mol. The number of hydrogen-bond acceptors (Lipinski definition) is 4. The summed E-state index contributed by atoms with van der Waals surface area (Å²) >= 11 is 0. The van der Waals surface area contributed by atoms with Gasteiger partial charge in [0, 0.05) is 27.1 Å². The maximum absolute atomic E-state index is 5.92. The van der Waals surface area contributed by atoms with Crippen LogP contribution in [0.2, 0.25) is 0 Å². The van der Waals surface area contributed by atoms with Crippen LogP contribution in [-0.2, 0) is 18.9 Å². The summed E-state index contributed by atoms with van der Waals surface area (Å²) in [5.41, 5.74) is -0.183. The number of hydrogen-bond donors (Lipinski definition) is 0. The first kappa shape index (κ1) is 10.4. The van der Waals surface area contributed by atoms with E-state index in [4.69, 9.17) is 18.9 Å². The minimum absolute atomic E-state index is 0.144. The van der Waals surface area contributed by atoms with Gasteiger partial charge in [-0.2, -0.15) is 0 Å². The van der Waals surface area contributed by atoms with E-state index >= 15 is 0 Å². The van der Waals surface area contributed by atoms with Gasteiger partial charge in [0.1, 0.15) is 7.85 Å². The van der Waals surface area contributed by atoms with Crippen molar-refractivity contribution < 1.29 is 18.9 Å². The lowest BCUT2D eigenvalue weighted by molar-refractivity contribution is -0.193. The molecule has 2 fully saturated rings. The van der Waals surface area contributed by atoms with Gasteiger partial charge in [-0.25, -0.2) is 0 Å². The maximum atomic E-state index is 5.92. The van der Waals surface area contributed by atoms with Crippen molar-refractivity contribution in [1.82, 2.24) is 0 Å². The van der Waals surface area contributed by atoms with Crippen LogP contribution in [0.1, 0.15) is 12.8 Å². The summed E-state index contributed by atoms with van der Waals surface area (Å²) in [5.74, 6) is 0. The van der Waals surface area contributed by atoms with Crippen LogP contribution < -0.4 is 0 Å². The summed E-state index contributed by atoms with van der Waals surface area (Å²) in [7, 11) is 5.41. The van der Waals surface area contributed by atoms with Crippen LogP contribution in [-0.4, -0.2) is 52.7 Å². The summed E-state index contributed by atoms with van der Waals surface area (Å²) in [4.78, 5) is 0. The Hall–Kier alpha value is -0.0951. The van der Waals surface area contributed by atoms with Gasteiger partial charge >= 0.3 is 0 Å². The third-order valence-corrected chi connectivity index (χ3v) is 3.07. The Bertz CT molecular complexity index is 209. The first-order valence-corrected chi connectivity index (χ1v) is 5.04. The molecule has 2 bridgehead atoms. The number of ether oxygens (including phenoxy) is 4. The Morgan fingerprint density at radius 2 is 2.21 bits per heavy atom. The summed E-state index contributed by atoms with van der Waals surface area (Å²) < 4.78 is 22.1. The van der Waals surface area contributed by atoms with Crippen LogP contribution in [0.25, 0.3) is 0 Å². The summed E-state index contributed by atoms with van der Waals surface area (Å²) in [6.45, 7) is 0.622. The fourth-order valence-corrected chi connectivity index (χ4v) is 2.44. The number of methoxy groups -OCH3 is 2. The molecule has 2 aliphatic heterocycles. The van der Waals surface area contributed by atoms with Crippen LogP contribution >= 0.6 is 0 Å². The van der Waals surface area contributed by atoms with E-state index in [1.165, 1.54) is 0 Å². The average molecular weight is 200 g/mol. The Balaban J connectivity index is 2.09. The van der Waals surface area contributed by atoms with Gasteiger partial charge in [-0.3, -0.25) is 0 Å². The Kier molecular flexibility index (Phi) is 2.84. The van der Waals surface area contributed by atoms with Crippen molar-refractivity contribution in [2.45, 2.75) is 36.8 Å². The zero-order valence-electron chi connectivity index (χ0n) is 8.99. The molecule has 2 rings (SSSR count). The van der Waals surface area contributed by atoms with E-state index < -0.39 is 0 Å². The molecule has 4 nitrogen and oxygen atoms in total. The maximum Gasteiger partial charge on any atom is 0.160 e. The van der Waals surface area contributed by atoms with Crippen LogP contribution in [0.15, 0.2) is 0 Å². The van der Waals surface area contributed by atoms with E-state index in [1.54, 1.807) is 14.2 Å². The minimum atomic E-state index is -0.183. The van der Waals surface area contributed by atoms with Gasteiger partial charge in [0.05, 0.1) is 24.3 Å². The molecule has 80 valence electrons. The third-order valence-electron chi connectivity index (χ3n) is 3.07. The van der Waals surface area contributed by atoms with Crippen molar-refractivity contribution >= 4 is 7.85 Å². The Morgan fingerprint density at radius 3 is 2.86 bits per heavy atom. The summed E-state index contributed by atoms with van der Waals surface area (Å²) in [6.07, 6.45) is 1.69. The molecule has 2 heterocycles. The van der Waals surface area contributed by atoms with Crippen LogP contribution in [0, 0.1) is 0 Å². The molecule has 0 aromatic carbocycles.